The molecule has 1 aromatic heterocycles. The maximum absolute atomic E-state index is 12.7. The fourth-order valence-electron chi connectivity index (χ4n) is 2.12. The highest BCUT2D eigenvalue weighted by Gasteiger charge is 2.25. The summed E-state index contributed by atoms with van der Waals surface area (Å²) < 4.78 is 5.22. The fourth-order valence-corrected chi connectivity index (χ4v) is 3.29. The summed E-state index contributed by atoms with van der Waals surface area (Å²) in [5.74, 6) is 1.32. The van der Waals surface area contributed by atoms with Gasteiger partial charge in [-0.15, -0.1) is 0 Å². The number of rotatable bonds is 3. The minimum absolute atomic E-state index is 0.177. The van der Waals surface area contributed by atoms with E-state index in [-0.39, 0.29) is 11.9 Å². The molecule has 0 radical (unpaired) electrons. The van der Waals surface area contributed by atoms with E-state index in [1.165, 1.54) is 6.08 Å². The molecule has 4 nitrogen and oxygen atoms in total. The lowest BCUT2D eigenvalue weighted by Crippen LogP contribution is -2.33. The van der Waals surface area contributed by atoms with E-state index >= 15 is 0 Å². The molecule has 0 saturated carbocycles. The van der Waals surface area contributed by atoms with E-state index in [2.05, 4.69) is 4.99 Å². The van der Waals surface area contributed by atoms with Gasteiger partial charge < -0.3 is 4.42 Å². The summed E-state index contributed by atoms with van der Waals surface area (Å²) in [6.45, 7) is 2.03. The number of carbonyl (C=O) groups is 1. The molecule has 1 aliphatic rings. The maximum Gasteiger partial charge on any atom is 0.257 e. The van der Waals surface area contributed by atoms with Gasteiger partial charge in [0.05, 0.1) is 18.0 Å². The van der Waals surface area contributed by atoms with Crippen LogP contribution in [0, 0.1) is 0 Å². The Balaban J connectivity index is 1.90. The number of hydrogen-bond acceptors (Lipinski definition) is 4. The highest BCUT2D eigenvalue weighted by molar-refractivity contribution is 8.14. The molecular weight excluding hydrogens is 332 g/mol. The monoisotopic (exact) mass is 346 g/mol. The number of hydrogen-bond donors (Lipinski definition) is 0. The number of halogens is 1. The molecule has 1 aromatic carbocycles. The Kier molecular flexibility index (Phi) is 4.88. The van der Waals surface area contributed by atoms with E-state index in [0.29, 0.717) is 16.0 Å². The number of thioether (sulfide) groups is 1. The highest BCUT2D eigenvalue weighted by atomic mass is 35.5. The molecule has 1 aliphatic heterocycles. The van der Waals surface area contributed by atoms with Crippen LogP contribution in [0.4, 0.5) is 5.69 Å². The third-order valence-corrected chi connectivity index (χ3v) is 4.66. The van der Waals surface area contributed by atoms with E-state index in [0.717, 1.165) is 11.4 Å². The smallest absolute Gasteiger partial charge is 0.257 e. The van der Waals surface area contributed by atoms with Crippen LogP contribution in [-0.2, 0) is 4.79 Å². The zero-order chi connectivity index (χ0) is 16.2. The van der Waals surface area contributed by atoms with E-state index in [1.54, 1.807) is 53.3 Å². The lowest BCUT2D eigenvalue weighted by molar-refractivity contribution is -0.113. The summed E-state index contributed by atoms with van der Waals surface area (Å²) in [4.78, 5) is 18.8. The molecule has 3 rings (SSSR count). The average molecular weight is 347 g/mol. The van der Waals surface area contributed by atoms with Gasteiger partial charge in [-0.2, -0.15) is 0 Å². The van der Waals surface area contributed by atoms with Gasteiger partial charge in [0, 0.05) is 16.9 Å². The van der Waals surface area contributed by atoms with Crippen molar-refractivity contribution in [3.05, 3.63) is 59.5 Å². The summed E-state index contributed by atoms with van der Waals surface area (Å²) in [6, 6.07) is 10.9. The minimum atomic E-state index is -0.177. The molecule has 1 amide bonds. The Hall–Kier alpha value is -1.98. The third-order valence-electron chi connectivity index (χ3n) is 3.21. The number of aliphatic imine (C=N–C) groups is 1. The van der Waals surface area contributed by atoms with Gasteiger partial charge in [0.15, 0.2) is 5.17 Å². The van der Waals surface area contributed by atoms with E-state index < -0.39 is 0 Å². The molecule has 0 aliphatic carbocycles. The van der Waals surface area contributed by atoms with E-state index in [9.17, 15) is 4.79 Å². The number of benzene rings is 1. The Bertz CT molecular complexity index is 738. The SMILES string of the molecule is C[C@H]1CSC(N(C(=O)/C=C/c2ccco2)c2ccc(Cl)cc2)=N1. The van der Waals surface area contributed by atoms with Crippen molar-refractivity contribution in [1.82, 2.24) is 0 Å². The number of amidine groups is 1. The van der Waals surface area contributed by atoms with E-state index in [4.69, 9.17) is 16.0 Å². The van der Waals surface area contributed by atoms with Gasteiger partial charge in [-0.25, -0.2) is 0 Å². The van der Waals surface area contributed by atoms with Crippen molar-refractivity contribution in [3.8, 4) is 0 Å². The summed E-state index contributed by atoms with van der Waals surface area (Å²) in [5.41, 5.74) is 0.740. The first-order valence-electron chi connectivity index (χ1n) is 7.15. The van der Waals surface area contributed by atoms with Gasteiger partial charge in [-0.1, -0.05) is 23.4 Å². The summed E-state index contributed by atoms with van der Waals surface area (Å²) >= 11 is 7.52. The lowest BCUT2D eigenvalue weighted by atomic mass is 10.3. The molecule has 1 atom stereocenters. The van der Waals surface area contributed by atoms with Gasteiger partial charge in [-0.05, 0) is 49.4 Å². The molecular formula is C17H15ClN2O2S. The molecule has 0 spiro atoms. The molecule has 2 aromatic rings. The number of amides is 1. The standard InChI is InChI=1S/C17H15ClN2O2S/c1-12-11-23-17(19-12)20(14-6-4-13(18)5-7-14)16(21)9-8-15-3-2-10-22-15/h2-10,12H,11H2,1H3/b9-8+/t12-/m0/s1. The zero-order valence-electron chi connectivity index (χ0n) is 12.5. The Morgan fingerprint density at radius 3 is 2.78 bits per heavy atom. The number of anilines is 1. The van der Waals surface area contributed by atoms with Crippen LogP contribution >= 0.6 is 23.4 Å². The molecule has 6 heteroatoms. The van der Waals surface area contributed by atoms with Crippen molar-refractivity contribution >= 4 is 46.2 Å². The molecule has 0 unspecified atom stereocenters. The van der Waals surface area contributed by atoms with Crippen LogP contribution in [0.2, 0.25) is 5.02 Å². The molecule has 23 heavy (non-hydrogen) atoms. The zero-order valence-corrected chi connectivity index (χ0v) is 14.1. The van der Waals surface area contributed by atoms with Gasteiger partial charge in [0.25, 0.3) is 5.91 Å². The lowest BCUT2D eigenvalue weighted by Gasteiger charge is -2.20. The number of carbonyl (C=O) groups excluding carboxylic acids is 1. The van der Waals surface area contributed by atoms with Crippen LogP contribution < -0.4 is 4.90 Å². The molecule has 118 valence electrons. The van der Waals surface area contributed by atoms with Crippen LogP contribution in [-0.4, -0.2) is 22.9 Å². The first-order chi connectivity index (χ1) is 11.1. The second-order valence-electron chi connectivity index (χ2n) is 5.07. The van der Waals surface area contributed by atoms with Crippen molar-refractivity contribution in [2.24, 2.45) is 4.99 Å². The van der Waals surface area contributed by atoms with E-state index in [1.807, 2.05) is 19.1 Å². The molecule has 2 heterocycles. The summed E-state index contributed by atoms with van der Waals surface area (Å²) in [7, 11) is 0. The largest absolute Gasteiger partial charge is 0.465 e. The van der Waals surface area contributed by atoms with Crippen LogP contribution in [0.25, 0.3) is 6.08 Å². The van der Waals surface area contributed by atoms with Crippen LogP contribution in [0.15, 0.2) is 58.1 Å². The average Bonchev–Trinajstić information content (AvgIpc) is 3.19. The predicted octanol–water partition coefficient (Wildman–Crippen LogP) is 4.47. The molecule has 0 N–H and O–H groups in total. The van der Waals surface area contributed by atoms with Crippen LogP contribution in [0.5, 0.6) is 0 Å². The van der Waals surface area contributed by atoms with Crippen molar-refractivity contribution in [3.63, 3.8) is 0 Å². The summed E-state index contributed by atoms with van der Waals surface area (Å²) in [6.07, 6.45) is 4.70. The fraction of sp³-hybridized carbons (Fsp3) is 0.176. The molecule has 0 fully saturated rings. The first kappa shape index (κ1) is 15.9. The van der Waals surface area contributed by atoms with Gasteiger partial charge in [0.2, 0.25) is 0 Å². The number of nitrogens with zero attached hydrogens (tertiary/aromatic N) is 2. The van der Waals surface area contributed by atoms with Crippen molar-refractivity contribution in [2.75, 3.05) is 10.7 Å². The Labute approximate surface area is 143 Å². The second kappa shape index (κ2) is 7.06. The Morgan fingerprint density at radius 2 is 2.17 bits per heavy atom. The predicted molar refractivity (Wildman–Crippen MR) is 96.0 cm³/mol. The van der Waals surface area contributed by atoms with Crippen molar-refractivity contribution in [2.45, 2.75) is 13.0 Å². The minimum Gasteiger partial charge on any atom is -0.465 e. The van der Waals surface area contributed by atoms with Crippen molar-refractivity contribution in [1.29, 1.82) is 0 Å². The highest BCUT2D eigenvalue weighted by Crippen LogP contribution is 2.27. The van der Waals surface area contributed by atoms with Crippen LogP contribution in [0.1, 0.15) is 12.7 Å². The maximum atomic E-state index is 12.7. The topological polar surface area (TPSA) is 45.8 Å². The van der Waals surface area contributed by atoms with Gasteiger partial charge >= 0.3 is 0 Å². The molecule has 0 bridgehead atoms. The third kappa shape index (κ3) is 3.86. The second-order valence-corrected chi connectivity index (χ2v) is 6.49. The quantitative estimate of drug-likeness (QED) is 0.770. The van der Waals surface area contributed by atoms with Gasteiger partial charge in [-0.3, -0.25) is 14.7 Å². The number of furan rings is 1. The summed E-state index contributed by atoms with van der Waals surface area (Å²) in [5, 5.41) is 1.33. The van der Waals surface area contributed by atoms with Gasteiger partial charge in [0.1, 0.15) is 5.76 Å². The van der Waals surface area contributed by atoms with Crippen molar-refractivity contribution < 1.29 is 9.21 Å². The molecule has 0 saturated heterocycles. The Morgan fingerprint density at radius 1 is 1.39 bits per heavy atom. The van der Waals surface area contributed by atoms with Crippen LogP contribution in [0.3, 0.4) is 0 Å². The first-order valence-corrected chi connectivity index (χ1v) is 8.51. The normalized spacial score (nSPS) is 17.5.